The van der Waals surface area contributed by atoms with Crippen molar-refractivity contribution in [3.63, 3.8) is 0 Å². The summed E-state index contributed by atoms with van der Waals surface area (Å²) < 4.78 is 6.17. The molecule has 33 heteroatoms. The number of ether oxygens (including phenoxy) is 1. The number of fused-ring (bicyclic) bond motifs is 4. The zero-order chi connectivity index (χ0) is 74.3. The van der Waals surface area contributed by atoms with Crippen LogP contribution in [0, 0.1) is 11.8 Å². The Bertz CT molecular complexity index is 3220. The summed E-state index contributed by atoms with van der Waals surface area (Å²) >= 11 is 2.87. The van der Waals surface area contributed by atoms with Crippen LogP contribution in [0.15, 0.2) is 47.6 Å². The number of aliphatic carboxylic acids is 2. The van der Waals surface area contributed by atoms with Gasteiger partial charge in [0.2, 0.25) is 59.1 Å². The molecule has 3 aliphatic heterocycles. The minimum absolute atomic E-state index is 0.0206. The molecule has 2 bridgehead atoms. The number of rotatable bonds is 17. The molecular weight excluding hydrogens is 1350 g/mol. The Labute approximate surface area is 596 Å². The Morgan fingerprint density at radius 1 is 0.653 bits per heavy atom. The lowest BCUT2D eigenvalue weighted by molar-refractivity contribution is -0.144. The van der Waals surface area contributed by atoms with E-state index >= 15 is 0 Å². The number of aromatic hydroxyl groups is 1. The lowest BCUT2D eigenvalue weighted by Gasteiger charge is -2.32. The van der Waals surface area contributed by atoms with Crippen LogP contribution in [-0.4, -0.2) is 214 Å². The van der Waals surface area contributed by atoms with Crippen molar-refractivity contribution in [2.45, 2.75) is 209 Å². The van der Waals surface area contributed by atoms with E-state index in [9.17, 15) is 77.6 Å². The van der Waals surface area contributed by atoms with Gasteiger partial charge in [0.15, 0.2) is 0 Å². The van der Waals surface area contributed by atoms with E-state index in [2.05, 4.69) is 47.7 Å². The van der Waals surface area contributed by atoms with Gasteiger partial charge in [-0.05, 0) is 156 Å². The third-order valence-corrected chi connectivity index (χ3v) is 18.8. The van der Waals surface area contributed by atoms with Gasteiger partial charge in [-0.3, -0.25) is 62.3 Å². The van der Waals surface area contributed by atoms with Gasteiger partial charge in [0.25, 0.3) is 5.91 Å². The standard InChI is InChI=1S/C68H101N13O18S2/c1-39(2)29-49-62(91)75-51(34-57(86)87)64(93)79-58(40(3)4)68(97)81-26-14-17-54(81)66(95)77-50(33-42-18-20-45(82)21-19-42)63(92)74-48(22-23-56(84)85)61(90)78-52(59(70)88)38-101-37-44-30-43(36-100-6)31-46(32-44)98-27-11-7-8-12-28-99-71-35-55(83)73-47(15-9-10-24-69)60(89)72-41(5)67(96)80-25-13-16-53(80)65(94)76-49/h18-21,30-32,35,39-41,47-54,58,82H,7-17,22-29,33-34,36-38,69H2,1-6H3,(H2,70,88)(H,72,89)(H,73,83)(H,74,92)(H,75,91)(H,76,94)(H,77,95)(H,78,90)(H,79,93)(H,84,85)(H,86,87)/b71-35+/t41-,47-,48-,49-,50-,51-,52-,53-,54-,58-/m0/s1. The molecule has 10 atom stereocenters. The Hall–Kier alpha value is -8.72. The van der Waals surface area contributed by atoms with Gasteiger partial charge in [-0.1, -0.05) is 51.0 Å². The second-order valence-corrected chi connectivity index (χ2v) is 28.1. The first-order valence-corrected chi connectivity index (χ1v) is 36.9. The van der Waals surface area contributed by atoms with Crippen LogP contribution in [0.5, 0.6) is 11.5 Å². The van der Waals surface area contributed by atoms with Crippen LogP contribution in [0.2, 0.25) is 0 Å². The second kappa shape index (κ2) is 42.5. The number of oxime groups is 1. The first-order chi connectivity index (χ1) is 48.1. The van der Waals surface area contributed by atoms with Gasteiger partial charge in [-0.2, -0.15) is 23.5 Å². The van der Waals surface area contributed by atoms with E-state index in [1.807, 2.05) is 24.5 Å². The van der Waals surface area contributed by atoms with E-state index in [4.69, 9.17) is 21.0 Å². The van der Waals surface area contributed by atoms with Crippen molar-refractivity contribution in [2.75, 3.05) is 44.9 Å². The SMILES string of the molecule is CSCc1cc2cc(c1)OCCCCCCO/N=C/C(=O)N[C@@H](CCCCN)C(=O)N[C@@H](C)C(=O)N1CCC[C@H]1C(=O)N[C@@H](CC(C)C)C(=O)N[C@@H](CC(=O)O)C(=O)N[C@@H](C(C)C)C(=O)N1CCC[C@H]1C(=O)N[C@@H](Cc1ccc(O)cc1)C(=O)N[C@@H](CCC(=O)O)C(=O)N[C@H](C(N)=O)CSC2. The van der Waals surface area contributed by atoms with Crippen molar-refractivity contribution in [3.05, 3.63) is 59.2 Å². The molecule has 3 aliphatic rings. The molecule has 0 radical (unpaired) electrons. The highest BCUT2D eigenvalue weighted by molar-refractivity contribution is 7.98. The third kappa shape index (κ3) is 28.0. The number of nitrogens with zero attached hydrogens (tertiary/aromatic N) is 3. The third-order valence-electron chi connectivity index (χ3n) is 17.1. The number of nitrogens with one attached hydrogen (secondary N) is 8. The van der Waals surface area contributed by atoms with E-state index in [1.165, 1.54) is 52.8 Å². The molecule has 2 aromatic rings. The lowest BCUT2D eigenvalue weighted by atomic mass is 10.00. The molecule has 2 fully saturated rings. The number of carbonyl (C=O) groups excluding carboxylic acids is 11. The number of thioether (sulfide) groups is 2. The van der Waals surface area contributed by atoms with Crippen molar-refractivity contribution < 1.29 is 87.2 Å². The van der Waals surface area contributed by atoms with Gasteiger partial charge in [0.05, 0.1) is 13.0 Å². The number of hydrogen-bond donors (Lipinski definition) is 13. The van der Waals surface area contributed by atoms with E-state index in [-0.39, 0.29) is 75.6 Å². The number of carboxylic acid groups (broad SMARTS) is 2. The van der Waals surface area contributed by atoms with E-state index in [0.717, 1.165) is 30.2 Å². The van der Waals surface area contributed by atoms with Crippen molar-refractivity contribution in [3.8, 4) is 11.5 Å². The fourth-order valence-electron chi connectivity index (χ4n) is 11.8. The summed E-state index contributed by atoms with van der Waals surface area (Å²) in [7, 11) is 0. The number of amides is 11. The van der Waals surface area contributed by atoms with Gasteiger partial charge in [-0.25, -0.2) is 0 Å². The maximum Gasteiger partial charge on any atom is 0.305 e. The first kappa shape index (κ1) is 82.9. The Morgan fingerprint density at radius 2 is 1.24 bits per heavy atom. The second-order valence-electron chi connectivity index (χ2n) is 26.2. The fraction of sp³-hybridized carbons (Fsp3) is 0.618. The van der Waals surface area contributed by atoms with Crippen LogP contribution in [0.4, 0.5) is 0 Å². The van der Waals surface area contributed by atoms with Crippen molar-refractivity contribution in [1.29, 1.82) is 0 Å². The number of carbonyl (C=O) groups is 13. The average molecular weight is 1450 g/mol. The highest BCUT2D eigenvalue weighted by atomic mass is 32.2. The summed E-state index contributed by atoms with van der Waals surface area (Å²) in [6.07, 6.45) is 5.30. The largest absolute Gasteiger partial charge is 0.508 e. The lowest BCUT2D eigenvalue weighted by Crippen LogP contribution is -2.61. The predicted octanol–water partition coefficient (Wildman–Crippen LogP) is 1.22. The highest BCUT2D eigenvalue weighted by Gasteiger charge is 2.43. The average Bonchev–Trinajstić information content (AvgIpc) is 1.74. The molecule has 558 valence electrons. The van der Waals surface area contributed by atoms with Gasteiger partial charge in [0, 0.05) is 43.2 Å². The summed E-state index contributed by atoms with van der Waals surface area (Å²) in [6, 6.07) is -2.39. The quantitative estimate of drug-likeness (QED) is 0.0990. The molecular formula is C68H101N13O18S2. The van der Waals surface area contributed by atoms with Crippen molar-refractivity contribution >= 4 is 107 Å². The summed E-state index contributed by atoms with van der Waals surface area (Å²) in [4.78, 5) is 187. The van der Waals surface area contributed by atoms with Crippen LogP contribution in [0.25, 0.3) is 0 Å². The first-order valence-electron chi connectivity index (χ1n) is 34.3. The van der Waals surface area contributed by atoms with Gasteiger partial charge in [-0.15, -0.1) is 0 Å². The molecule has 101 heavy (non-hydrogen) atoms. The van der Waals surface area contributed by atoms with Crippen molar-refractivity contribution in [2.24, 2.45) is 28.5 Å². The summed E-state index contributed by atoms with van der Waals surface area (Å²) in [5.41, 5.74) is 13.8. The zero-order valence-electron chi connectivity index (χ0n) is 58.3. The number of carboxylic acids is 2. The summed E-state index contributed by atoms with van der Waals surface area (Å²) in [5.74, 6) is -11.7. The van der Waals surface area contributed by atoms with Crippen LogP contribution >= 0.6 is 23.5 Å². The van der Waals surface area contributed by atoms with Crippen molar-refractivity contribution in [1.82, 2.24) is 52.3 Å². The predicted molar refractivity (Wildman–Crippen MR) is 376 cm³/mol. The number of benzene rings is 2. The van der Waals surface area contributed by atoms with Crippen LogP contribution in [-0.2, 0) is 85.1 Å². The number of primary amides is 1. The van der Waals surface area contributed by atoms with Crippen LogP contribution in [0.1, 0.15) is 148 Å². The summed E-state index contributed by atoms with van der Waals surface area (Å²) in [6.45, 7) is 9.07. The maximum atomic E-state index is 14.7. The molecule has 2 saturated heterocycles. The van der Waals surface area contributed by atoms with Crippen LogP contribution < -0.4 is 58.7 Å². The normalized spacial score (nSPS) is 25.1. The molecule has 0 unspecified atom stereocenters. The monoisotopic (exact) mass is 1450 g/mol. The van der Waals surface area contributed by atoms with E-state index in [1.54, 1.807) is 39.5 Å². The molecule has 5 rings (SSSR count). The van der Waals surface area contributed by atoms with Crippen LogP contribution in [0.3, 0.4) is 0 Å². The smallest absolute Gasteiger partial charge is 0.305 e. The molecule has 0 saturated carbocycles. The Balaban J connectivity index is 1.44. The fourth-order valence-corrected chi connectivity index (χ4v) is 13.3. The Morgan fingerprint density at radius 3 is 1.85 bits per heavy atom. The minimum atomic E-state index is -1.83. The Kier molecular flexibility index (Phi) is 34.9. The number of hydrogen-bond acceptors (Lipinski definition) is 20. The number of phenolic OH excluding ortho intramolecular Hbond substituents is 1. The molecule has 3 heterocycles. The molecule has 2 aromatic carbocycles. The van der Waals surface area contributed by atoms with E-state index in [0.29, 0.717) is 68.1 Å². The molecule has 31 nitrogen and oxygen atoms in total. The van der Waals surface area contributed by atoms with Gasteiger partial charge >= 0.3 is 11.9 Å². The van der Waals surface area contributed by atoms with Gasteiger partial charge in [0.1, 0.15) is 84.7 Å². The topological polar surface area (TPSA) is 468 Å². The zero-order valence-corrected chi connectivity index (χ0v) is 59.9. The summed E-state index contributed by atoms with van der Waals surface area (Å²) in [5, 5.41) is 54.5. The van der Waals surface area contributed by atoms with E-state index < -0.39 is 163 Å². The number of unbranched alkanes of at least 4 members (excludes halogenated alkanes) is 1. The molecule has 15 N–H and O–H groups in total. The van der Waals surface area contributed by atoms with Gasteiger partial charge < -0.3 is 88.7 Å². The number of phenols is 1. The highest BCUT2D eigenvalue weighted by Crippen LogP contribution is 2.26. The number of nitrogens with two attached hydrogens (primary N) is 2. The molecule has 0 aliphatic carbocycles. The minimum Gasteiger partial charge on any atom is -0.508 e. The maximum absolute atomic E-state index is 14.7. The molecule has 0 aromatic heterocycles. The molecule has 0 spiro atoms. The molecule has 11 amide bonds.